The quantitative estimate of drug-likeness (QED) is 0.787. The van der Waals surface area contributed by atoms with E-state index in [1.165, 1.54) is 7.05 Å². The fourth-order valence-corrected chi connectivity index (χ4v) is 1.81. The van der Waals surface area contributed by atoms with Gasteiger partial charge in [0.05, 0.1) is 6.54 Å². The van der Waals surface area contributed by atoms with E-state index < -0.39 is 35.7 Å². The average Bonchev–Trinajstić information content (AvgIpc) is 3.28. The van der Waals surface area contributed by atoms with Crippen LogP contribution in [-0.2, 0) is 14.3 Å². The van der Waals surface area contributed by atoms with Crippen molar-refractivity contribution < 1.29 is 27.9 Å². The zero-order valence-electron chi connectivity index (χ0n) is 12.5. The summed E-state index contributed by atoms with van der Waals surface area (Å²) in [5.41, 5.74) is -0.852. The summed E-state index contributed by atoms with van der Waals surface area (Å²) >= 11 is 0. The fraction of sp³-hybridized carbons (Fsp3) is 0.400. The molecule has 1 saturated carbocycles. The molecule has 0 atom stereocenters. The number of nitrogens with one attached hydrogen (secondary N) is 1. The van der Waals surface area contributed by atoms with Crippen molar-refractivity contribution in [2.45, 2.75) is 18.9 Å². The van der Waals surface area contributed by atoms with E-state index in [1.807, 2.05) is 0 Å². The Morgan fingerprint density at radius 1 is 1.26 bits per heavy atom. The monoisotopic (exact) mass is 326 g/mol. The van der Waals surface area contributed by atoms with Gasteiger partial charge in [0.1, 0.15) is 17.2 Å². The van der Waals surface area contributed by atoms with Gasteiger partial charge in [-0.05, 0) is 25.0 Å². The third kappa shape index (κ3) is 4.73. The molecule has 6 nitrogen and oxygen atoms in total. The normalized spacial score (nSPS) is 13.3. The Morgan fingerprint density at radius 3 is 2.43 bits per heavy atom. The highest BCUT2D eigenvalue weighted by molar-refractivity contribution is 5.92. The number of nitrogens with zero attached hydrogens (tertiary/aromatic N) is 1. The maximum atomic E-state index is 13.4. The SMILES string of the molecule is CN(CC(=O)NC1CC1)C(=O)COC(=O)c1c(F)cccc1F. The fourth-order valence-electron chi connectivity index (χ4n) is 1.81. The maximum absolute atomic E-state index is 13.4. The van der Waals surface area contributed by atoms with Crippen LogP contribution in [0.5, 0.6) is 0 Å². The number of hydrogen-bond donors (Lipinski definition) is 1. The average molecular weight is 326 g/mol. The Bertz CT molecular complexity index is 612. The van der Waals surface area contributed by atoms with Crippen LogP contribution in [0, 0.1) is 11.6 Å². The van der Waals surface area contributed by atoms with E-state index in [-0.39, 0.29) is 18.5 Å². The summed E-state index contributed by atoms with van der Waals surface area (Å²) in [6.45, 7) is -0.888. The lowest BCUT2D eigenvalue weighted by Crippen LogP contribution is -2.40. The van der Waals surface area contributed by atoms with E-state index in [4.69, 9.17) is 0 Å². The molecule has 1 aromatic carbocycles. The highest BCUT2D eigenvalue weighted by Crippen LogP contribution is 2.18. The van der Waals surface area contributed by atoms with Crippen LogP contribution >= 0.6 is 0 Å². The Morgan fingerprint density at radius 2 is 1.87 bits per heavy atom. The van der Waals surface area contributed by atoms with Gasteiger partial charge in [-0.1, -0.05) is 6.07 Å². The van der Waals surface area contributed by atoms with Gasteiger partial charge in [-0.3, -0.25) is 9.59 Å². The van der Waals surface area contributed by atoms with Crippen molar-refractivity contribution in [1.82, 2.24) is 10.2 Å². The van der Waals surface area contributed by atoms with E-state index in [9.17, 15) is 23.2 Å². The number of hydrogen-bond acceptors (Lipinski definition) is 4. The minimum atomic E-state index is -1.27. The summed E-state index contributed by atoms with van der Waals surface area (Å²) in [4.78, 5) is 36.0. The van der Waals surface area contributed by atoms with Gasteiger partial charge in [0, 0.05) is 13.1 Å². The largest absolute Gasteiger partial charge is 0.452 e. The molecule has 8 heteroatoms. The second-order valence-electron chi connectivity index (χ2n) is 5.26. The first-order valence-electron chi connectivity index (χ1n) is 7.03. The van der Waals surface area contributed by atoms with Crippen molar-refractivity contribution in [3.8, 4) is 0 Å². The van der Waals surface area contributed by atoms with Gasteiger partial charge >= 0.3 is 5.97 Å². The number of likely N-dealkylation sites (N-methyl/N-ethyl adjacent to an activating group) is 1. The van der Waals surface area contributed by atoms with E-state index in [0.29, 0.717) is 0 Å². The van der Waals surface area contributed by atoms with Crippen molar-refractivity contribution in [1.29, 1.82) is 0 Å². The number of amides is 2. The number of benzene rings is 1. The summed E-state index contributed by atoms with van der Waals surface area (Å²) in [5.74, 6) is -4.38. The van der Waals surface area contributed by atoms with Gasteiger partial charge in [0.2, 0.25) is 5.91 Å². The first kappa shape index (κ1) is 16.9. The number of carbonyl (C=O) groups excluding carboxylic acids is 3. The number of ether oxygens (including phenoxy) is 1. The molecule has 0 radical (unpaired) electrons. The summed E-state index contributed by atoms with van der Waals surface area (Å²) < 4.78 is 31.4. The molecular formula is C15H16F2N2O4. The Kier molecular flexibility index (Phi) is 5.25. The lowest BCUT2D eigenvalue weighted by molar-refractivity contribution is -0.137. The number of halogens is 2. The first-order chi connectivity index (χ1) is 10.9. The van der Waals surface area contributed by atoms with Crippen LogP contribution < -0.4 is 5.32 Å². The summed E-state index contributed by atoms with van der Waals surface area (Å²) in [6.07, 6.45) is 1.85. The predicted octanol–water partition coefficient (Wildman–Crippen LogP) is 0.859. The number of esters is 1. The third-order valence-corrected chi connectivity index (χ3v) is 3.24. The van der Waals surface area contributed by atoms with Crippen LogP contribution in [0.1, 0.15) is 23.2 Å². The van der Waals surface area contributed by atoms with Crippen molar-refractivity contribution in [3.05, 3.63) is 35.4 Å². The van der Waals surface area contributed by atoms with Gasteiger partial charge < -0.3 is 15.0 Å². The van der Waals surface area contributed by atoms with Gasteiger partial charge in [0.15, 0.2) is 6.61 Å². The third-order valence-electron chi connectivity index (χ3n) is 3.24. The van der Waals surface area contributed by atoms with Crippen LogP contribution in [0.25, 0.3) is 0 Å². The lowest BCUT2D eigenvalue weighted by Gasteiger charge is -2.16. The molecule has 23 heavy (non-hydrogen) atoms. The van der Waals surface area contributed by atoms with Gasteiger partial charge in [-0.15, -0.1) is 0 Å². The van der Waals surface area contributed by atoms with Crippen molar-refractivity contribution in [3.63, 3.8) is 0 Å². The molecule has 1 N–H and O–H groups in total. The molecule has 0 saturated heterocycles. The van der Waals surface area contributed by atoms with E-state index in [1.54, 1.807) is 0 Å². The molecular weight excluding hydrogens is 310 g/mol. The summed E-state index contributed by atoms with van der Waals surface area (Å²) in [7, 11) is 1.37. The van der Waals surface area contributed by atoms with Crippen LogP contribution in [-0.4, -0.2) is 48.9 Å². The standard InChI is InChI=1S/C15H16F2N2O4/c1-19(7-12(20)18-9-5-6-9)13(21)8-23-15(22)14-10(16)3-2-4-11(14)17/h2-4,9H,5-8H2,1H3,(H,18,20). The molecule has 1 aliphatic carbocycles. The Labute approximate surface area is 131 Å². The van der Waals surface area contributed by atoms with E-state index in [0.717, 1.165) is 35.9 Å². The van der Waals surface area contributed by atoms with E-state index in [2.05, 4.69) is 10.1 Å². The topological polar surface area (TPSA) is 75.7 Å². The molecule has 1 aliphatic rings. The smallest absolute Gasteiger partial charge is 0.344 e. The molecule has 124 valence electrons. The van der Waals surface area contributed by atoms with E-state index >= 15 is 0 Å². The molecule has 0 unspecified atom stereocenters. The van der Waals surface area contributed by atoms with Crippen molar-refractivity contribution in [2.75, 3.05) is 20.2 Å². The number of carbonyl (C=O) groups is 3. The Balaban J connectivity index is 1.83. The van der Waals surface area contributed by atoms with Crippen molar-refractivity contribution in [2.24, 2.45) is 0 Å². The minimum Gasteiger partial charge on any atom is -0.452 e. The second-order valence-corrected chi connectivity index (χ2v) is 5.26. The van der Waals surface area contributed by atoms with Crippen LogP contribution in [0.4, 0.5) is 8.78 Å². The van der Waals surface area contributed by atoms with Gasteiger partial charge in [-0.25, -0.2) is 13.6 Å². The second kappa shape index (κ2) is 7.17. The van der Waals surface area contributed by atoms with Crippen LogP contribution in [0.2, 0.25) is 0 Å². The first-order valence-corrected chi connectivity index (χ1v) is 7.03. The zero-order chi connectivity index (χ0) is 17.0. The number of rotatable bonds is 6. The molecule has 0 spiro atoms. The molecule has 2 amide bonds. The molecule has 2 rings (SSSR count). The Hall–Kier alpha value is -2.51. The maximum Gasteiger partial charge on any atom is 0.344 e. The lowest BCUT2D eigenvalue weighted by atomic mass is 10.2. The highest BCUT2D eigenvalue weighted by Gasteiger charge is 2.25. The molecule has 0 aliphatic heterocycles. The van der Waals surface area contributed by atoms with Crippen LogP contribution in [0.15, 0.2) is 18.2 Å². The molecule has 0 aromatic heterocycles. The van der Waals surface area contributed by atoms with Crippen molar-refractivity contribution >= 4 is 17.8 Å². The zero-order valence-corrected chi connectivity index (χ0v) is 12.5. The summed E-state index contributed by atoms with van der Waals surface area (Å²) in [5, 5.41) is 2.71. The summed E-state index contributed by atoms with van der Waals surface area (Å²) in [6, 6.07) is 3.11. The van der Waals surface area contributed by atoms with Crippen LogP contribution in [0.3, 0.4) is 0 Å². The van der Waals surface area contributed by atoms with Gasteiger partial charge in [-0.2, -0.15) is 0 Å². The molecule has 1 aromatic rings. The predicted molar refractivity (Wildman–Crippen MR) is 75.4 cm³/mol. The molecule has 0 heterocycles. The highest BCUT2D eigenvalue weighted by atomic mass is 19.1. The molecule has 1 fully saturated rings. The molecule has 0 bridgehead atoms. The van der Waals surface area contributed by atoms with Gasteiger partial charge in [0.25, 0.3) is 5.91 Å². The minimum absolute atomic E-state index is 0.174.